The SMILES string of the molecule is CCCCNC(=O)[C@H](C)N(Cc1ccccc1Cl)C(=O)CN(c1ccc(OCC)cc1)S(=O)(=O)c1ccc(Cl)cc1. The molecule has 0 fully saturated rings. The number of anilines is 1. The maximum absolute atomic E-state index is 14.0. The Kier molecular flexibility index (Phi) is 11.9. The number of carbonyl (C=O) groups excluding carboxylic acids is 2. The zero-order valence-electron chi connectivity index (χ0n) is 23.3. The molecule has 0 saturated carbocycles. The Labute approximate surface area is 252 Å². The molecular weight excluding hydrogens is 585 g/mol. The summed E-state index contributed by atoms with van der Waals surface area (Å²) in [5.41, 5.74) is 0.887. The fourth-order valence-electron chi connectivity index (χ4n) is 4.07. The molecule has 0 heterocycles. The summed E-state index contributed by atoms with van der Waals surface area (Å²) in [4.78, 5) is 28.3. The molecule has 0 unspecified atom stereocenters. The van der Waals surface area contributed by atoms with Gasteiger partial charge in [-0.1, -0.05) is 54.7 Å². The van der Waals surface area contributed by atoms with Crippen LogP contribution in [-0.4, -0.2) is 50.9 Å². The minimum atomic E-state index is -4.21. The van der Waals surface area contributed by atoms with Crippen molar-refractivity contribution >= 4 is 50.7 Å². The first-order valence-electron chi connectivity index (χ1n) is 13.4. The van der Waals surface area contributed by atoms with Gasteiger partial charge in [0.15, 0.2) is 0 Å². The first kappa shape index (κ1) is 32.2. The van der Waals surface area contributed by atoms with Gasteiger partial charge in [0.2, 0.25) is 11.8 Å². The molecular formula is C30H35Cl2N3O5S. The van der Waals surface area contributed by atoms with E-state index in [0.29, 0.717) is 34.5 Å². The smallest absolute Gasteiger partial charge is 0.264 e. The van der Waals surface area contributed by atoms with Crippen molar-refractivity contribution in [1.82, 2.24) is 10.2 Å². The number of amides is 2. The molecule has 1 atom stereocenters. The number of ether oxygens (including phenoxy) is 1. The van der Waals surface area contributed by atoms with Gasteiger partial charge in [-0.3, -0.25) is 13.9 Å². The van der Waals surface area contributed by atoms with E-state index in [1.54, 1.807) is 55.5 Å². The molecule has 0 radical (unpaired) electrons. The standard InChI is InChI=1S/C30H35Cl2N3O5S/c1-4-6-19-33-30(37)22(3)34(20-23-9-7-8-10-28(23)32)29(36)21-35(25-13-15-26(16-14-25)40-5-2)41(38,39)27-17-11-24(31)12-18-27/h7-18,22H,4-6,19-21H2,1-3H3,(H,33,37)/t22-/m0/s1. The van der Waals surface area contributed by atoms with Gasteiger partial charge in [0, 0.05) is 23.1 Å². The lowest BCUT2D eigenvalue weighted by Gasteiger charge is -2.32. The van der Waals surface area contributed by atoms with E-state index in [0.717, 1.165) is 17.1 Å². The molecule has 0 bridgehead atoms. The number of rotatable bonds is 14. The van der Waals surface area contributed by atoms with Gasteiger partial charge in [-0.2, -0.15) is 0 Å². The second kappa shape index (κ2) is 15.1. The number of nitrogens with one attached hydrogen (secondary N) is 1. The molecule has 2 amide bonds. The van der Waals surface area contributed by atoms with Crippen molar-refractivity contribution in [3.8, 4) is 5.75 Å². The van der Waals surface area contributed by atoms with E-state index in [9.17, 15) is 18.0 Å². The van der Waals surface area contributed by atoms with Crippen molar-refractivity contribution in [2.24, 2.45) is 0 Å². The van der Waals surface area contributed by atoms with Gasteiger partial charge < -0.3 is 15.0 Å². The number of hydrogen-bond acceptors (Lipinski definition) is 5. The van der Waals surface area contributed by atoms with Gasteiger partial charge >= 0.3 is 0 Å². The van der Waals surface area contributed by atoms with E-state index in [-0.39, 0.29) is 23.0 Å². The first-order chi connectivity index (χ1) is 19.6. The van der Waals surface area contributed by atoms with Crippen LogP contribution >= 0.6 is 23.2 Å². The molecule has 0 aliphatic heterocycles. The van der Waals surface area contributed by atoms with Crippen LogP contribution in [0, 0.1) is 0 Å². The molecule has 0 spiro atoms. The number of sulfonamides is 1. The Morgan fingerprint density at radius 1 is 0.951 bits per heavy atom. The van der Waals surface area contributed by atoms with E-state index < -0.39 is 28.5 Å². The second-order valence-electron chi connectivity index (χ2n) is 9.33. The van der Waals surface area contributed by atoms with E-state index in [1.807, 2.05) is 13.8 Å². The number of unbranched alkanes of at least 4 members (excludes halogenated alkanes) is 1. The number of carbonyl (C=O) groups is 2. The predicted octanol–water partition coefficient (Wildman–Crippen LogP) is 5.92. The van der Waals surface area contributed by atoms with Gasteiger partial charge in [-0.15, -0.1) is 0 Å². The van der Waals surface area contributed by atoms with Gasteiger partial charge in [0.1, 0.15) is 18.3 Å². The summed E-state index contributed by atoms with van der Waals surface area (Å²) < 4.78 is 34.3. The topological polar surface area (TPSA) is 96.0 Å². The largest absolute Gasteiger partial charge is 0.494 e. The molecule has 8 nitrogen and oxygen atoms in total. The number of halogens is 2. The molecule has 0 aliphatic rings. The monoisotopic (exact) mass is 619 g/mol. The Balaban J connectivity index is 2.01. The Hall–Kier alpha value is -3.27. The molecule has 0 saturated heterocycles. The quantitative estimate of drug-likeness (QED) is 0.226. The van der Waals surface area contributed by atoms with Crippen molar-refractivity contribution in [2.75, 3.05) is 24.0 Å². The van der Waals surface area contributed by atoms with Crippen LogP contribution in [0.5, 0.6) is 5.75 Å². The normalized spacial score (nSPS) is 11.9. The van der Waals surface area contributed by atoms with Crippen molar-refractivity contribution in [1.29, 1.82) is 0 Å². The predicted molar refractivity (Wildman–Crippen MR) is 163 cm³/mol. The van der Waals surface area contributed by atoms with Crippen molar-refractivity contribution in [2.45, 2.75) is 51.1 Å². The van der Waals surface area contributed by atoms with Crippen LogP contribution in [0.1, 0.15) is 39.2 Å². The summed E-state index contributed by atoms with van der Waals surface area (Å²) in [5.74, 6) is -0.356. The third kappa shape index (κ3) is 8.61. The van der Waals surface area contributed by atoms with Crippen LogP contribution in [-0.2, 0) is 26.2 Å². The van der Waals surface area contributed by atoms with Crippen molar-refractivity contribution in [3.05, 3.63) is 88.4 Å². The average molecular weight is 621 g/mol. The summed E-state index contributed by atoms with van der Waals surface area (Å²) in [7, 11) is -4.21. The number of nitrogens with zero attached hydrogens (tertiary/aromatic N) is 2. The van der Waals surface area contributed by atoms with Gasteiger partial charge in [0.25, 0.3) is 10.0 Å². The molecule has 3 aromatic rings. The van der Waals surface area contributed by atoms with E-state index in [4.69, 9.17) is 27.9 Å². The summed E-state index contributed by atoms with van der Waals surface area (Å²) >= 11 is 12.4. The van der Waals surface area contributed by atoms with E-state index in [2.05, 4.69) is 5.32 Å². The highest BCUT2D eigenvalue weighted by molar-refractivity contribution is 7.92. The van der Waals surface area contributed by atoms with Crippen LogP contribution in [0.25, 0.3) is 0 Å². The molecule has 1 N–H and O–H groups in total. The third-order valence-corrected chi connectivity index (χ3v) is 8.82. The third-order valence-electron chi connectivity index (χ3n) is 6.41. The Morgan fingerprint density at radius 2 is 1.61 bits per heavy atom. The minimum absolute atomic E-state index is 0.0129. The van der Waals surface area contributed by atoms with Crippen molar-refractivity contribution < 1.29 is 22.7 Å². The summed E-state index contributed by atoms with van der Waals surface area (Å²) in [6.45, 7) is 5.84. The maximum Gasteiger partial charge on any atom is 0.264 e. The van der Waals surface area contributed by atoms with Gasteiger partial charge in [-0.25, -0.2) is 8.42 Å². The maximum atomic E-state index is 14.0. The Morgan fingerprint density at radius 3 is 2.22 bits per heavy atom. The summed E-state index contributed by atoms with van der Waals surface area (Å²) in [6, 6.07) is 18.3. The lowest BCUT2D eigenvalue weighted by molar-refractivity contribution is -0.139. The zero-order chi connectivity index (χ0) is 30.0. The zero-order valence-corrected chi connectivity index (χ0v) is 25.7. The Bertz CT molecular complexity index is 1420. The lowest BCUT2D eigenvalue weighted by atomic mass is 10.1. The molecule has 41 heavy (non-hydrogen) atoms. The summed E-state index contributed by atoms with van der Waals surface area (Å²) in [6.07, 6.45) is 1.69. The number of benzene rings is 3. The van der Waals surface area contributed by atoms with Gasteiger partial charge in [0.05, 0.1) is 17.2 Å². The van der Waals surface area contributed by atoms with Crippen LogP contribution in [0.3, 0.4) is 0 Å². The molecule has 0 aromatic heterocycles. The minimum Gasteiger partial charge on any atom is -0.494 e. The molecule has 3 rings (SSSR count). The van der Waals surface area contributed by atoms with Crippen LogP contribution in [0.2, 0.25) is 10.0 Å². The van der Waals surface area contributed by atoms with E-state index in [1.165, 1.54) is 29.2 Å². The highest BCUT2D eigenvalue weighted by Gasteiger charge is 2.32. The highest BCUT2D eigenvalue weighted by atomic mass is 35.5. The van der Waals surface area contributed by atoms with Crippen molar-refractivity contribution in [3.63, 3.8) is 0 Å². The fourth-order valence-corrected chi connectivity index (χ4v) is 5.80. The average Bonchev–Trinajstić information content (AvgIpc) is 2.96. The molecule has 220 valence electrons. The second-order valence-corrected chi connectivity index (χ2v) is 12.0. The van der Waals surface area contributed by atoms with Crippen LogP contribution in [0.4, 0.5) is 5.69 Å². The molecule has 11 heteroatoms. The van der Waals surface area contributed by atoms with Gasteiger partial charge in [-0.05, 0) is 80.4 Å². The summed E-state index contributed by atoms with van der Waals surface area (Å²) in [5, 5.41) is 3.67. The van der Waals surface area contributed by atoms with Crippen LogP contribution < -0.4 is 14.4 Å². The fraction of sp³-hybridized carbons (Fsp3) is 0.333. The van der Waals surface area contributed by atoms with E-state index >= 15 is 0 Å². The number of hydrogen-bond donors (Lipinski definition) is 1. The molecule has 3 aromatic carbocycles. The van der Waals surface area contributed by atoms with Crippen LogP contribution in [0.15, 0.2) is 77.7 Å². The highest BCUT2D eigenvalue weighted by Crippen LogP contribution is 2.28. The lowest BCUT2D eigenvalue weighted by Crippen LogP contribution is -2.51. The molecule has 0 aliphatic carbocycles. The first-order valence-corrected chi connectivity index (χ1v) is 15.6.